The molecule has 3 nitrogen and oxygen atoms in total. The van der Waals surface area contributed by atoms with Gasteiger partial charge in [-0.25, -0.2) is 4.98 Å². The van der Waals surface area contributed by atoms with Crippen molar-refractivity contribution in [1.29, 1.82) is 0 Å². The number of hydrogen-bond acceptors (Lipinski definition) is 4. The van der Waals surface area contributed by atoms with E-state index in [2.05, 4.69) is 21.0 Å². The second kappa shape index (κ2) is 4.75. The molecule has 1 aliphatic heterocycles. The summed E-state index contributed by atoms with van der Waals surface area (Å²) in [5, 5.41) is 9.97. The van der Waals surface area contributed by atoms with Gasteiger partial charge < -0.3 is 10.6 Å². The smallest absolute Gasteiger partial charge is 0.182 e. The average molecular weight is 211 g/mol. The Morgan fingerprint density at radius 2 is 2.64 bits per heavy atom. The lowest BCUT2D eigenvalue weighted by Gasteiger charge is -2.22. The number of nitrogens with one attached hydrogen (secondary N) is 2. The fourth-order valence-electron chi connectivity index (χ4n) is 1.77. The normalized spacial score (nSPS) is 22.2. The lowest BCUT2D eigenvalue weighted by molar-refractivity contribution is 0.393. The Labute approximate surface area is 88.9 Å². The van der Waals surface area contributed by atoms with Crippen LogP contribution in [0.3, 0.4) is 0 Å². The fourth-order valence-corrected chi connectivity index (χ4v) is 2.46. The molecule has 1 aromatic heterocycles. The molecule has 0 aromatic carbocycles. The maximum atomic E-state index is 4.38. The molecule has 2 N–H and O–H groups in total. The van der Waals surface area contributed by atoms with Gasteiger partial charge in [0.05, 0.1) is 5.69 Å². The minimum atomic E-state index is 0.771. The molecule has 0 radical (unpaired) electrons. The lowest BCUT2D eigenvalue weighted by Crippen LogP contribution is -2.33. The van der Waals surface area contributed by atoms with E-state index in [1.54, 1.807) is 11.3 Å². The molecule has 2 heterocycles. The highest BCUT2D eigenvalue weighted by molar-refractivity contribution is 7.13. The zero-order valence-electron chi connectivity index (χ0n) is 8.55. The van der Waals surface area contributed by atoms with Crippen LogP contribution in [-0.2, 0) is 0 Å². The summed E-state index contributed by atoms with van der Waals surface area (Å²) in [4.78, 5) is 4.38. The predicted molar refractivity (Wildman–Crippen MR) is 60.9 cm³/mol. The van der Waals surface area contributed by atoms with E-state index in [9.17, 15) is 0 Å². The van der Waals surface area contributed by atoms with Crippen LogP contribution in [0.5, 0.6) is 0 Å². The number of nitrogens with zero attached hydrogens (tertiary/aromatic N) is 1. The van der Waals surface area contributed by atoms with Gasteiger partial charge in [0.25, 0.3) is 0 Å². The summed E-state index contributed by atoms with van der Waals surface area (Å²) in [6.07, 6.45) is 2.65. The van der Waals surface area contributed by atoms with Crippen molar-refractivity contribution in [2.45, 2.75) is 19.8 Å². The van der Waals surface area contributed by atoms with Crippen molar-refractivity contribution < 1.29 is 0 Å². The maximum Gasteiger partial charge on any atom is 0.182 e. The average Bonchev–Trinajstić information content (AvgIpc) is 2.63. The molecule has 1 fully saturated rings. The van der Waals surface area contributed by atoms with E-state index >= 15 is 0 Å². The largest absolute Gasteiger partial charge is 0.361 e. The highest BCUT2D eigenvalue weighted by atomic mass is 32.1. The summed E-state index contributed by atoms with van der Waals surface area (Å²) in [6.45, 7) is 5.42. The third-order valence-corrected chi connectivity index (χ3v) is 3.48. The zero-order chi connectivity index (χ0) is 9.80. The summed E-state index contributed by atoms with van der Waals surface area (Å²) in [5.74, 6) is 0.771. The van der Waals surface area contributed by atoms with Crippen LogP contribution in [0.4, 0.5) is 5.13 Å². The molecule has 4 heteroatoms. The Morgan fingerprint density at radius 1 is 1.71 bits per heavy atom. The molecule has 14 heavy (non-hydrogen) atoms. The number of rotatable bonds is 3. The van der Waals surface area contributed by atoms with E-state index in [4.69, 9.17) is 0 Å². The summed E-state index contributed by atoms with van der Waals surface area (Å²) in [6, 6.07) is 0. The van der Waals surface area contributed by atoms with Crippen molar-refractivity contribution in [2.75, 3.05) is 25.0 Å². The van der Waals surface area contributed by atoms with Gasteiger partial charge in [0, 0.05) is 11.9 Å². The number of aromatic nitrogens is 1. The van der Waals surface area contributed by atoms with E-state index in [1.807, 2.05) is 6.92 Å². The summed E-state index contributed by atoms with van der Waals surface area (Å²) >= 11 is 1.70. The number of piperidine rings is 1. The van der Waals surface area contributed by atoms with Gasteiger partial charge >= 0.3 is 0 Å². The highest BCUT2D eigenvalue weighted by Crippen LogP contribution is 2.16. The van der Waals surface area contributed by atoms with Gasteiger partial charge in [-0.1, -0.05) is 0 Å². The topological polar surface area (TPSA) is 37.0 Å². The molecule has 0 spiro atoms. The van der Waals surface area contributed by atoms with E-state index in [0.717, 1.165) is 29.8 Å². The lowest BCUT2D eigenvalue weighted by atomic mass is 10.00. The minimum absolute atomic E-state index is 0.771. The second-order valence-electron chi connectivity index (χ2n) is 3.89. The third-order valence-electron chi connectivity index (χ3n) is 2.56. The van der Waals surface area contributed by atoms with Crippen LogP contribution in [0.2, 0.25) is 0 Å². The van der Waals surface area contributed by atoms with Crippen LogP contribution >= 0.6 is 11.3 Å². The summed E-state index contributed by atoms with van der Waals surface area (Å²) < 4.78 is 0. The number of aryl methyl sites for hydroxylation is 1. The van der Waals surface area contributed by atoms with E-state index < -0.39 is 0 Å². The first-order valence-electron chi connectivity index (χ1n) is 5.21. The molecule has 1 unspecified atom stereocenters. The molecule has 0 bridgehead atoms. The monoisotopic (exact) mass is 211 g/mol. The SMILES string of the molecule is Cc1csc(NCC2CCCNC2)n1. The van der Waals surface area contributed by atoms with Gasteiger partial charge in [0.15, 0.2) is 5.13 Å². The van der Waals surface area contributed by atoms with Crippen molar-refractivity contribution in [3.05, 3.63) is 11.1 Å². The molecule has 0 aliphatic carbocycles. The van der Waals surface area contributed by atoms with Gasteiger partial charge in [0.1, 0.15) is 0 Å². The van der Waals surface area contributed by atoms with Gasteiger partial charge in [-0.3, -0.25) is 0 Å². The molecular formula is C10H17N3S. The standard InChI is InChI=1S/C10H17N3S/c1-8-7-14-10(13-8)12-6-9-3-2-4-11-5-9/h7,9,11H,2-6H2,1H3,(H,12,13). The molecule has 2 rings (SSSR count). The van der Waals surface area contributed by atoms with Gasteiger partial charge in [-0.2, -0.15) is 0 Å². The van der Waals surface area contributed by atoms with Crippen LogP contribution in [0, 0.1) is 12.8 Å². The molecule has 0 saturated carbocycles. The van der Waals surface area contributed by atoms with Gasteiger partial charge in [0.2, 0.25) is 0 Å². The molecule has 1 aliphatic rings. The Bertz CT molecular complexity index is 279. The molecule has 1 saturated heterocycles. The number of anilines is 1. The van der Waals surface area contributed by atoms with E-state index in [-0.39, 0.29) is 0 Å². The predicted octanol–water partition coefficient (Wildman–Crippen LogP) is 1.86. The van der Waals surface area contributed by atoms with Crippen molar-refractivity contribution in [3.63, 3.8) is 0 Å². The molecular weight excluding hydrogens is 194 g/mol. The zero-order valence-corrected chi connectivity index (χ0v) is 9.36. The number of hydrogen-bond donors (Lipinski definition) is 2. The van der Waals surface area contributed by atoms with Crippen LogP contribution in [0.15, 0.2) is 5.38 Å². The Balaban J connectivity index is 1.76. The Kier molecular flexibility index (Phi) is 3.37. The summed E-state index contributed by atoms with van der Waals surface area (Å²) in [7, 11) is 0. The maximum absolute atomic E-state index is 4.38. The molecule has 0 amide bonds. The first kappa shape index (κ1) is 9.93. The number of thiazole rings is 1. The summed E-state index contributed by atoms with van der Waals surface area (Å²) in [5.41, 5.74) is 1.11. The molecule has 1 aromatic rings. The van der Waals surface area contributed by atoms with Crippen molar-refractivity contribution >= 4 is 16.5 Å². The fraction of sp³-hybridized carbons (Fsp3) is 0.700. The van der Waals surface area contributed by atoms with Crippen LogP contribution in [-0.4, -0.2) is 24.6 Å². The van der Waals surface area contributed by atoms with Crippen LogP contribution < -0.4 is 10.6 Å². The third kappa shape index (κ3) is 2.69. The van der Waals surface area contributed by atoms with E-state index in [1.165, 1.54) is 19.4 Å². The quantitative estimate of drug-likeness (QED) is 0.801. The van der Waals surface area contributed by atoms with Crippen molar-refractivity contribution in [3.8, 4) is 0 Å². The van der Waals surface area contributed by atoms with Gasteiger partial charge in [-0.15, -0.1) is 11.3 Å². The molecule has 78 valence electrons. The van der Waals surface area contributed by atoms with Gasteiger partial charge in [-0.05, 0) is 38.8 Å². The van der Waals surface area contributed by atoms with E-state index in [0.29, 0.717) is 0 Å². The molecule has 1 atom stereocenters. The highest BCUT2D eigenvalue weighted by Gasteiger charge is 2.12. The first-order chi connectivity index (χ1) is 6.84. The van der Waals surface area contributed by atoms with Crippen molar-refractivity contribution in [1.82, 2.24) is 10.3 Å². The second-order valence-corrected chi connectivity index (χ2v) is 4.75. The van der Waals surface area contributed by atoms with Crippen LogP contribution in [0.1, 0.15) is 18.5 Å². The Hall–Kier alpha value is -0.610. The first-order valence-corrected chi connectivity index (χ1v) is 6.09. The minimum Gasteiger partial charge on any atom is -0.361 e. The van der Waals surface area contributed by atoms with Crippen molar-refractivity contribution in [2.24, 2.45) is 5.92 Å². The Morgan fingerprint density at radius 3 is 3.29 bits per heavy atom. The van der Waals surface area contributed by atoms with Crippen LogP contribution in [0.25, 0.3) is 0 Å².